The number of anilines is 1. The van der Waals surface area contributed by atoms with E-state index in [1.807, 2.05) is 26.0 Å². The predicted molar refractivity (Wildman–Crippen MR) is 92.7 cm³/mol. The molecule has 0 heterocycles. The van der Waals surface area contributed by atoms with Crippen LogP contribution in [0, 0.1) is 0 Å². The lowest BCUT2D eigenvalue weighted by Gasteiger charge is -2.25. The van der Waals surface area contributed by atoms with Crippen LogP contribution in [-0.4, -0.2) is 20.1 Å². The Labute approximate surface area is 141 Å². The quantitative estimate of drug-likeness (QED) is 0.888. The van der Waals surface area contributed by atoms with E-state index in [-0.39, 0.29) is 5.91 Å². The number of amides is 1. The molecule has 0 aliphatic carbocycles. The molecule has 0 aliphatic heterocycles. The van der Waals surface area contributed by atoms with Crippen LogP contribution in [0.25, 0.3) is 0 Å². The van der Waals surface area contributed by atoms with Crippen molar-refractivity contribution in [3.63, 3.8) is 0 Å². The van der Waals surface area contributed by atoms with Gasteiger partial charge in [-0.15, -0.1) is 0 Å². The Morgan fingerprint density at radius 3 is 2.17 bits per heavy atom. The minimum atomic E-state index is -0.737. The highest BCUT2D eigenvalue weighted by atomic mass is 35.5. The van der Waals surface area contributed by atoms with Gasteiger partial charge in [0.15, 0.2) is 11.5 Å². The first-order valence-electron chi connectivity index (χ1n) is 7.18. The van der Waals surface area contributed by atoms with Gasteiger partial charge in [0.1, 0.15) is 0 Å². The molecule has 0 atom stereocenters. The van der Waals surface area contributed by atoms with Crippen LogP contribution in [0.15, 0.2) is 42.5 Å². The van der Waals surface area contributed by atoms with Crippen molar-refractivity contribution in [2.24, 2.45) is 0 Å². The molecule has 0 saturated heterocycles. The molecule has 0 radical (unpaired) electrons. The number of halogens is 1. The van der Waals surface area contributed by atoms with Gasteiger partial charge in [-0.3, -0.25) is 4.79 Å². The first kappa shape index (κ1) is 17.2. The fourth-order valence-corrected chi connectivity index (χ4v) is 2.30. The van der Waals surface area contributed by atoms with Crippen LogP contribution in [0.2, 0.25) is 5.02 Å². The van der Waals surface area contributed by atoms with Crippen molar-refractivity contribution in [1.29, 1.82) is 0 Å². The maximum absolute atomic E-state index is 12.7. The third-order valence-electron chi connectivity index (χ3n) is 3.77. The SMILES string of the molecule is COc1ccc(C(C)(C)C(=O)Nc2ccc(Cl)cc2)cc1OC. The van der Waals surface area contributed by atoms with E-state index in [1.165, 1.54) is 0 Å². The molecular weight excluding hydrogens is 314 g/mol. The van der Waals surface area contributed by atoms with Crippen LogP contribution >= 0.6 is 11.6 Å². The zero-order chi connectivity index (χ0) is 17.0. The molecule has 0 spiro atoms. The summed E-state index contributed by atoms with van der Waals surface area (Å²) < 4.78 is 10.5. The fraction of sp³-hybridized carbons (Fsp3) is 0.278. The fourth-order valence-electron chi connectivity index (χ4n) is 2.18. The summed E-state index contributed by atoms with van der Waals surface area (Å²) in [6.07, 6.45) is 0. The van der Waals surface area contributed by atoms with Crippen LogP contribution in [0.3, 0.4) is 0 Å². The van der Waals surface area contributed by atoms with Gasteiger partial charge in [-0.05, 0) is 55.8 Å². The highest BCUT2D eigenvalue weighted by molar-refractivity contribution is 6.30. The van der Waals surface area contributed by atoms with Gasteiger partial charge in [-0.1, -0.05) is 17.7 Å². The van der Waals surface area contributed by atoms with Crippen molar-refractivity contribution >= 4 is 23.2 Å². The van der Waals surface area contributed by atoms with E-state index in [0.717, 1.165) is 5.56 Å². The second-order valence-electron chi connectivity index (χ2n) is 5.66. The van der Waals surface area contributed by atoms with E-state index in [4.69, 9.17) is 21.1 Å². The lowest BCUT2D eigenvalue weighted by Crippen LogP contribution is -2.34. The summed E-state index contributed by atoms with van der Waals surface area (Å²) in [6, 6.07) is 12.5. The van der Waals surface area contributed by atoms with Crippen LogP contribution in [0.4, 0.5) is 5.69 Å². The highest BCUT2D eigenvalue weighted by Gasteiger charge is 2.30. The smallest absolute Gasteiger partial charge is 0.234 e. The van der Waals surface area contributed by atoms with E-state index in [2.05, 4.69) is 5.32 Å². The largest absolute Gasteiger partial charge is 0.493 e. The number of ether oxygens (including phenoxy) is 2. The molecule has 0 saturated carbocycles. The van der Waals surface area contributed by atoms with Crippen molar-refractivity contribution in [2.75, 3.05) is 19.5 Å². The van der Waals surface area contributed by atoms with Gasteiger partial charge in [0.2, 0.25) is 5.91 Å². The lowest BCUT2D eigenvalue weighted by atomic mass is 9.83. The Morgan fingerprint density at radius 2 is 1.61 bits per heavy atom. The summed E-state index contributed by atoms with van der Waals surface area (Å²) >= 11 is 5.86. The molecule has 0 aromatic heterocycles. The monoisotopic (exact) mass is 333 g/mol. The van der Waals surface area contributed by atoms with Crippen molar-refractivity contribution in [3.05, 3.63) is 53.1 Å². The standard InChI is InChI=1S/C18H20ClNO3/c1-18(2,12-5-10-15(22-3)16(11-12)23-4)17(21)20-14-8-6-13(19)7-9-14/h5-11H,1-4H3,(H,20,21). The first-order valence-corrected chi connectivity index (χ1v) is 7.56. The molecule has 122 valence electrons. The molecule has 1 N–H and O–H groups in total. The van der Waals surface area contributed by atoms with Crippen molar-refractivity contribution in [3.8, 4) is 11.5 Å². The predicted octanol–water partition coefficient (Wildman–Crippen LogP) is 4.27. The van der Waals surface area contributed by atoms with E-state index >= 15 is 0 Å². The Balaban J connectivity index is 2.26. The van der Waals surface area contributed by atoms with Crippen LogP contribution in [0.5, 0.6) is 11.5 Å². The van der Waals surface area contributed by atoms with E-state index < -0.39 is 5.41 Å². The zero-order valence-electron chi connectivity index (χ0n) is 13.6. The van der Waals surface area contributed by atoms with Crippen LogP contribution in [0.1, 0.15) is 19.4 Å². The summed E-state index contributed by atoms with van der Waals surface area (Å²) in [5.41, 5.74) is 0.800. The summed E-state index contributed by atoms with van der Waals surface area (Å²) in [4.78, 5) is 12.7. The molecule has 0 bridgehead atoms. The van der Waals surface area contributed by atoms with E-state index in [9.17, 15) is 4.79 Å². The molecule has 23 heavy (non-hydrogen) atoms. The molecule has 2 aromatic carbocycles. The van der Waals surface area contributed by atoms with Crippen molar-refractivity contribution in [1.82, 2.24) is 0 Å². The number of carbonyl (C=O) groups is 1. The van der Waals surface area contributed by atoms with Gasteiger partial charge in [0.05, 0.1) is 19.6 Å². The Bertz CT molecular complexity index is 696. The normalized spacial score (nSPS) is 11.0. The molecule has 2 rings (SSSR count). The maximum atomic E-state index is 12.7. The van der Waals surface area contributed by atoms with Crippen molar-refractivity contribution in [2.45, 2.75) is 19.3 Å². The second-order valence-corrected chi connectivity index (χ2v) is 6.09. The van der Waals surface area contributed by atoms with Crippen molar-refractivity contribution < 1.29 is 14.3 Å². The Morgan fingerprint density at radius 1 is 1.00 bits per heavy atom. The van der Waals surface area contributed by atoms with Gasteiger partial charge in [-0.25, -0.2) is 0 Å². The topological polar surface area (TPSA) is 47.6 Å². The maximum Gasteiger partial charge on any atom is 0.234 e. The van der Waals surface area contributed by atoms with Gasteiger partial charge in [-0.2, -0.15) is 0 Å². The van der Waals surface area contributed by atoms with Gasteiger partial charge < -0.3 is 14.8 Å². The molecule has 5 heteroatoms. The first-order chi connectivity index (χ1) is 10.9. The molecule has 2 aromatic rings. The highest BCUT2D eigenvalue weighted by Crippen LogP contribution is 2.33. The number of hydrogen-bond acceptors (Lipinski definition) is 3. The second kappa shape index (κ2) is 6.92. The third-order valence-corrected chi connectivity index (χ3v) is 4.03. The van der Waals surface area contributed by atoms with E-state index in [1.54, 1.807) is 44.6 Å². The van der Waals surface area contributed by atoms with Gasteiger partial charge in [0.25, 0.3) is 0 Å². The average molecular weight is 334 g/mol. The summed E-state index contributed by atoms with van der Waals surface area (Å²) in [5, 5.41) is 3.53. The molecule has 4 nitrogen and oxygen atoms in total. The zero-order valence-corrected chi connectivity index (χ0v) is 14.4. The average Bonchev–Trinajstić information content (AvgIpc) is 2.56. The van der Waals surface area contributed by atoms with Crippen LogP contribution < -0.4 is 14.8 Å². The minimum absolute atomic E-state index is 0.118. The molecule has 1 amide bonds. The number of rotatable bonds is 5. The number of nitrogens with one attached hydrogen (secondary N) is 1. The van der Waals surface area contributed by atoms with Crippen LogP contribution in [-0.2, 0) is 10.2 Å². The van der Waals surface area contributed by atoms with Gasteiger partial charge in [0, 0.05) is 10.7 Å². The third kappa shape index (κ3) is 3.77. The number of methoxy groups -OCH3 is 2. The molecule has 0 fully saturated rings. The Kier molecular flexibility index (Phi) is 5.16. The van der Waals surface area contributed by atoms with E-state index in [0.29, 0.717) is 22.2 Å². The summed E-state index contributed by atoms with van der Waals surface area (Å²) in [6.45, 7) is 3.72. The minimum Gasteiger partial charge on any atom is -0.493 e. The Hall–Kier alpha value is -2.20. The number of hydrogen-bond donors (Lipinski definition) is 1. The number of carbonyl (C=O) groups excluding carboxylic acids is 1. The molecule has 0 aliphatic rings. The molecule has 0 unspecified atom stereocenters. The molecular formula is C18H20ClNO3. The summed E-state index contributed by atoms with van der Waals surface area (Å²) in [5.74, 6) is 1.11. The number of benzene rings is 2. The van der Waals surface area contributed by atoms with Gasteiger partial charge >= 0.3 is 0 Å². The summed E-state index contributed by atoms with van der Waals surface area (Å²) in [7, 11) is 3.15. The lowest BCUT2D eigenvalue weighted by molar-refractivity contribution is -0.120.